The van der Waals surface area contributed by atoms with Crippen molar-refractivity contribution in [3.8, 4) is 0 Å². The number of anilines is 1. The predicted molar refractivity (Wildman–Crippen MR) is 137 cm³/mol. The fourth-order valence-electron chi connectivity index (χ4n) is 5.36. The van der Waals surface area contributed by atoms with Crippen molar-refractivity contribution in [2.45, 2.75) is 19.0 Å². The second kappa shape index (κ2) is 9.43. The van der Waals surface area contributed by atoms with Gasteiger partial charge in [0.1, 0.15) is 0 Å². The molecule has 2 saturated heterocycles. The normalized spacial score (nSPS) is 18.5. The summed E-state index contributed by atoms with van der Waals surface area (Å²) < 4.78 is 0. The molecular formula is C27H29N5O2S. The number of hydrogen-bond acceptors (Lipinski definition) is 6. The molecule has 4 heterocycles. The average Bonchev–Trinajstić information content (AvgIpc) is 3.54. The lowest BCUT2D eigenvalue weighted by molar-refractivity contribution is 0.00853. The molecule has 1 aromatic heterocycles. The highest BCUT2D eigenvalue weighted by molar-refractivity contribution is 7.11. The molecular weight excluding hydrogens is 458 g/mol. The van der Waals surface area contributed by atoms with Crippen LogP contribution in [0.5, 0.6) is 0 Å². The van der Waals surface area contributed by atoms with Crippen molar-refractivity contribution in [2.24, 2.45) is 0 Å². The molecule has 0 unspecified atom stereocenters. The molecule has 8 heteroatoms. The van der Waals surface area contributed by atoms with Crippen molar-refractivity contribution in [2.75, 3.05) is 50.7 Å². The molecule has 0 spiro atoms. The zero-order valence-corrected chi connectivity index (χ0v) is 20.5. The SMILES string of the molecule is O=C(c1ccc2c(c1)CCN2Cc1ccccc1)N1CC(N2CCN(C(=O)c3nccs3)CC2)C1. The zero-order valence-electron chi connectivity index (χ0n) is 19.7. The summed E-state index contributed by atoms with van der Waals surface area (Å²) in [5.41, 5.74) is 4.62. The van der Waals surface area contributed by atoms with Gasteiger partial charge in [0.05, 0.1) is 0 Å². The topological polar surface area (TPSA) is 60.0 Å². The highest BCUT2D eigenvalue weighted by Gasteiger charge is 2.37. The standard InChI is InChI=1S/C27H29N5O2S/c33-26(22-6-7-24-21(16-22)8-10-31(24)17-20-4-2-1-3-5-20)32-18-23(19-32)29-11-13-30(14-12-29)27(34)25-28-9-15-35-25/h1-7,9,15-16,23H,8,10-14,17-19H2. The third-order valence-electron chi connectivity index (χ3n) is 7.42. The fourth-order valence-corrected chi connectivity index (χ4v) is 5.96. The summed E-state index contributed by atoms with van der Waals surface area (Å²) in [6.07, 6.45) is 2.66. The lowest BCUT2D eigenvalue weighted by atomic mass is 10.0. The van der Waals surface area contributed by atoms with Crippen molar-refractivity contribution < 1.29 is 9.59 Å². The molecule has 3 aliphatic heterocycles. The average molecular weight is 488 g/mol. The largest absolute Gasteiger partial charge is 0.367 e. The molecule has 3 aromatic rings. The molecule has 6 rings (SSSR count). The Labute approximate surface area is 209 Å². The number of nitrogens with zero attached hydrogens (tertiary/aromatic N) is 5. The van der Waals surface area contributed by atoms with Crippen LogP contribution in [0, 0.1) is 0 Å². The van der Waals surface area contributed by atoms with Gasteiger partial charge in [0.2, 0.25) is 0 Å². The zero-order chi connectivity index (χ0) is 23.8. The second-order valence-corrected chi connectivity index (χ2v) is 10.4. The van der Waals surface area contributed by atoms with E-state index < -0.39 is 0 Å². The van der Waals surface area contributed by atoms with Gasteiger partial charge in [0, 0.05) is 81.2 Å². The Morgan fingerprint density at radius 3 is 2.46 bits per heavy atom. The van der Waals surface area contributed by atoms with Crippen LogP contribution in [0.1, 0.15) is 31.3 Å². The van der Waals surface area contributed by atoms with E-state index in [2.05, 4.69) is 51.2 Å². The Hall–Kier alpha value is -3.23. The molecule has 0 atom stereocenters. The van der Waals surface area contributed by atoms with Gasteiger partial charge in [-0.05, 0) is 35.7 Å². The first kappa shape index (κ1) is 22.2. The van der Waals surface area contributed by atoms with E-state index in [4.69, 9.17) is 0 Å². The second-order valence-electron chi connectivity index (χ2n) is 9.53. The van der Waals surface area contributed by atoms with Gasteiger partial charge in [-0.3, -0.25) is 14.5 Å². The number of aromatic nitrogens is 1. The summed E-state index contributed by atoms with van der Waals surface area (Å²) in [5.74, 6) is 0.159. The third-order valence-corrected chi connectivity index (χ3v) is 8.18. The minimum Gasteiger partial charge on any atom is -0.367 e. The maximum absolute atomic E-state index is 13.1. The molecule has 2 aromatic carbocycles. The van der Waals surface area contributed by atoms with Crippen molar-refractivity contribution in [3.63, 3.8) is 0 Å². The Morgan fingerprint density at radius 1 is 0.914 bits per heavy atom. The minimum atomic E-state index is 0.0315. The van der Waals surface area contributed by atoms with E-state index in [1.165, 1.54) is 28.2 Å². The minimum absolute atomic E-state index is 0.0315. The predicted octanol–water partition coefficient (Wildman–Crippen LogP) is 2.99. The number of rotatable bonds is 5. The molecule has 2 fully saturated rings. The lowest BCUT2D eigenvalue weighted by Crippen LogP contribution is -2.64. The van der Waals surface area contributed by atoms with Crippen LogP contribution in [-0.2, 0) is 13.0 Å². The van der Waals surface area contributed by atoms with Crippen LogP contribution in [0.3, 0.4) is 0 Å². The monoisotopic (exact) mass is 487 g/mol. The smallest absolute Gasteiger partial charge is 0.282 e. The Bertz CT molecular complexity index is 1200. The molecule has 0 saturated carbocycles. The Balaban J connectivity index is 1.01. The van der Waals surface area contributed by atoms with Gasteiger partial charge in [-0.25, -0.2) is 4.98 Å². The van der Waals surface area contributed by atoms with Gasteiger partial charge in [0.25, 0.3) is 11.8 Å². The van der Waals surface area contributed by atoms with Crippen LogP contribution in [0.4, 0.5) is 5.69 Å². The van der Waals surface area contributed by atoms with Gasteiger partial charge in [0.15, 0.2) is 5.01 Å². The van der Waals surface area contributed by atoms with Crippen LogP contribution in [0.25, 0.3) is 0 Å². The van der Waals surface area contributed by atoms with Crippen molar-refractivity contribution >= 4 is 28.8 Å². The molecule has 0 N–H and O–H groups in total. The van der Waals surface area contributed by atoms with Gasteiger partial charge >= 0.3 is 0 Å². The van der Waals surface area contributed by atoms with Crippen LogP contribution < -0.4 is 4.90 Å². The van der Waals surface area contributed by atoms with Crippen molar-refractivity contribution in [1.82, 2.24) is 19.7 Å². The quantitative estimate of drug-likeness (QED) is 0.554. The number of amides is 2. The lowest BCUT2D eigenvalue weighted by Gasteiger charge is -2.48. The summed E-state index contributed by atoms with van der Waals surface area (Å²) in [6, 6.07) is 17.1. The molecule has 0 aliphatic carbocycles. The number of thiazole rings is 1. The van der Waals surface area contributed by atoms with Gasteiger partial charge in [-0.15, -0.1) is 11.3 Å². The van der Waals surface area contributed by atoms with E-state index in [1.54, 1.807) is 6.20 Å². The third kappa shape index (κ3) is 4.44. The number of fused-ring (bicyclic) bond motifs is 1. The number of likely N-dealkylation sites (tertiary alicyclic amines) is 1. The van der Waals surface area contributed by atoms with E-state index in [1.807, 2.05) is 27.3 Å². The van der Waals surface area contributed by atoms with Crippen LogP contribution in [-0.4, -0.2) is 83.4 Å². The maximum Gasteiger partial charge on any atom is 0.282 e. The number of carbonyl (C=O) groups excluding carboxylic acids is 2. The molecule has 0 bridgehead atoms. The van der Waals surface area contributed by atoms with Gasteiger partial charge in [-0.1, -0.05) is 30.3 Å². The molecule has 0 radical (unpaired) electrons. The summed E-state index contributed by atoms with van der Waals surface area (Å²) in [5, 5.41) is 2.40. The highest BCUT2D eigenvalue weighted by Crippen LogP contribution is 2.31. The number of piperazine rings is 1. The first-order valence-corrected chi connectivity index (χ1v) is 13.2. The molecule has 180 valence electrons. The van der Waals surface area contributed by atoms with Gasteiger partial charge < -0.3 is 14.7 Å². The van der Waals surface area contributed by atoms with Crippen LogP contribution >= 0.6 is 11.3 Å². The van der Waals surface area contributed by atoms with Crippen molar-refractivity contribution in [3.05, 3.63) is 81.8 Å². The number of carbonyl (C=O) groups is 2. The molecule has 3 aliphatic rings. The van der Waals surface area contributed by atoms with Crippen LogP contribution in [0.2, 0.25) is 0 Å². The first-order chi connectivity index (χ1) is 17.2. The van der Waals surface area contributed by atoms with E-state index in [9.17, 15) is 9.59 Å². The van der Waals surface area contributed by atoms with E-state index in [0.29, 0.717) is 24.1 Å². The maximum atomic E-state index is 13.1. The Morgan fingerprint density at radius 2 is 1.71 bits per heavy atom. The van der Waals surface area contributed by atoms with Crippen LogP contribution in [0.15, 0.2) is 60.1 Å². The summed E-state index contributed by atoms with van der Waals surface area (Å²) in [4.78, 5) is 38.5. The van der Waals surface area contributed by atoms with E-state index >= 15 is 0 Å². The van der Waals surface area contributed by atoms with Gasteiger partial charge in [-0.2, -0.15) is 0 Å². The van der Waals surface area contributed by atoms with E-state index in [0.717, 1.165) is 51.3 Å². The van der Waals surface area contributed by atoms with Crippen molar-refractivity contribution in [1.29, 1.82) is 0 Å². The highest BCUT2D eigenvalue weighted by atomic mass is 32.1. The summed E-state index contributed by atoms with van der Waals surface area (Å²) in [7, 11) is 0. The Kier molecular flexibility index (Phi) is 6.00. The molecule has 2 amide bonds. The van der Waals surface area contributed by atoms with E-state index in [-0.39, 0.29) is 11.8 Å². The summed E-state index contributed by atoms with van der Waals surface area (Å²) >= 11 is 1.39. The molecule has 7 nitrogen and oxygen atoms in total. The molecule has 35 heavy (non-hydrogen) atoms. The number of benzene rings is 2. The number of hydrogen-bond donors (Lipinski definition) is 0. The fraction of sp³-hybridized carbons (Fsp3) is 0.370. The first-order valence-electron chi connectivity index (χ1n) is 12.3. The summed E-state index contributed by atoms with van der Waals surface area (Å²) in [6.45, 7) is 6.54.